The zero-order valence-corrected chi connectivity index (χ0v) is 20.8. The number of halogens is 1. The minimum Gasteiger partial charge on any atom is -0.543 e. The second-order valence-electron chi connectivity index (χ2n) is 7.57. The minimum absolute atomic E-state index is 0. The molecule has 6 nitrogen and oxygen atoms in total. The van der Waals surface area contributed by atoms with E-state index in [1.807, 2.05) is 24.3 Å². The van der Waals surface area contributed by atoms with E-state index >= 15 is 0 Å². The number of carboxylic acids is 1. The van der Waals surface area contributed by atoms with E-state index in [1.165, 1.54) is 16.7 Å². The van der Waals surface area contributed by atoms with E-state index in [9.17, 15) is 19.5 Å². The molecule has 0 radical (unpaired) electrons. The molecule has 1 N–H and O–H groups in total. The topological polar surface area (TPSA) is 89.5 Å². The van der Waals surface area contributed by atoms with E-state index in [2.05, 4.69) is 21.2 Å². The fourth-order valence-corrected chi connectivity index (χ4v) is 5.99. The third kappa shape index (κ3) is 3.82. The van der Waals surface area contributed by atoms with Gasteiger partial charge in [-0.2, -0.15) is 0 Å². The molecule has 2 atom stereocenters. The van der Waals surface area contributed by atoms with Gasteiger partial charge in [-0.05, 0) is 43.0 Å². The number of hydrogen-bond donors (Lipinski definition) is 1. The standard InChI is InChI=1S/C20H21BrN2O4S.Na/c1-11-10-28-17-14(16(24)23(17)15(11)18(25)26)22-19(27)20(8-2-3-9-20)12-4-6-13(21)7-5-12;/h4-7,14,17H,2-3,8-10H2,1H3,(H,22,27)(H,25,26);/q;+1/p-1/t14-,17+;/m0./s1. The zero-order chi connectivity index (χ0) is 20.1. The average molecular weight is 487 g/mol. The van der Waals surface area contributed by atoms with Gasteiger partial charge in [0, 0.05) is 10.2 Å². The number of thioether (sulfide) groups is 1. The molecule has 148 valence electrons. The van der Waals surface area contributed by atoms with Crippen molar-refractivity contribution in [3.8, 4) is 0 Å². The van der Waals surface area contributed by atoms with Crippen LogP contribution in [-0.2, 0) is 19.8 Å². The summed E-state index contributed by atoms with van der Waals surface area (Å²) >= 11 is 4.90. The summed E-state index contributed by atoms with van der Waals surface area (Å²) in [7, 11) is 0. The van der Waals surface area contributed by atoms with Gasteiger partial charge in [-0.3, -0.25) is 14.5 Å². The molecular formula is C20H20BrN2NaO4S. The number of amides is 2. The molecule has 0 spiro atoms. The van der Waals surface area contributed by atoms with Crippen molar-refractivity contribution in [2.45, 2.75) is 49.4 Å². The summed E-state index contributed by atoms with van der Waals surface area (Å²) in [5, 5.41) is 14.0. The fraction of sp³-hybridized carbons (Fsp3) is 0.450. The van der Waals surface area contributed by atoms with Crippen molar-refractivity contribution in [3.05, 3.63) is 45.6 Å². The molecule has 9 heteroatoms. The molecule has 1 aliphatic carbocycles. The molecule has 1 aromatic carbocycles. The first kappa shape index (κ1) is 22.9. The van der Waals surface area contributed by atoms with Gasteiger partial charge in [0.2, 0.25) is 5.91 Å². The monoisotopic (exact) mass is 486 g/mol. The molecule has 2 aliphatic heterocycles. The average Bonchev–Trinajstić information content (AvgIpc) is 3.17. The Morgan fingerprint density at radius 1 is 1.24 bits per heavy atom. The van der Waals surface area contributed by atoms with Gasteiger partial charge in [-0.15, -0.1) is 11.8 Å². The van der Waals surface area contributed by atoms with Crippen LogP contribution in [0.5, 0.6) is 0 Å². The molecular weight excluding hydrogens is 467 g/mol. The summed E-state index contributed by atoms with van der Waals surface area (Å²) in [6, 6.07) is 7.07. The number of hydrogen-bond acceptors (Lipinski definition) is 5. The molecule has 2 heterocycles. The van der Waals surface area contributed by atoms with Crippen molar-refractivity contribution in [3.63, 3.8) is 0 Å². The van der Waals surface area contributed by atoms with E-state index in [1.54, 1.807) is 6.92 Å². The Morgan fingerprint density at radius 2 is 1.86 bits per heavy atom. The number of nitrogens with zero attached hydrogens (tertiary/aromatic N) is 1. The van der Waals surface area contributed by atoms with Crippen molar-refractivity contribution < 1.29 is 49.0 Å². The zero-order valence-electron chi connectivity index (χ0n) is 16.4. The quantitative estimate of drug-likeness (QED) is 0.421. The van der Waals surface area contributed by atoms with Gasteiger partial charge in [0.15, 0.2) is 0 Å². The van der Waals surface area contributed by atoms with Crippen LogP contribution in [0.25, 0.3) is 0 Å². The van der Waals surface area contributed by atoms with Crippen molar-refractivity contribution in [2.75, 3.05) is 5.75 Å². The largest absolute Gasteiger partial charge is 1.00 e. The van der Waals surface area contributed by atoms with Crippen LogP contribution in [0.4, 0.5) is 0 Å². The summed E-state index contributed by atoms with van der Waals surface area (Å²) in [6.45, 7) is 1.69. The predicted molar refractivity (Wildman–Crippen MR) is 107 cm³/mol. The summed E-state index contributed by atoms with van der Waals surface area (Å²) in [4.78, 5) is 38.7. The third-order valence-corrected chi connectivity index (χ3v) is 7.88. The van der Waals surface area contributed by atoms with Gasteiger partial charge < -0.3 is 15.2 Å². The summed E-state index contributed by atoms with van der Waals surface area (Å²) < 4.78 is 0.949. The van der Waals surface area contributed by atoms with Crippen LogP contribution in [0.15, 0.2) is 40.0 Å². The molecule has 29 heavy (non-hydrogen) atoms. The molecule has 2 fully saturated rings. The van der Waals surface area contributed by atoms with E-state index < -0.39 is 22.8 Å². The first-order chi connectivity index (χ1) is 13.3. The Balaban J connectivity index is 0.00000240. The van der Waals surface area contributed by atoms with Crippen LogP contribution in [0.1, 0.15) is 38.2 Å². The predicted octanol–water partition coefficient (Wildman–Crippen LogP) is -1.31. The van der Waals surface area contributed by atoms with Gasteiger partial charge in [0.25, 0.3) is 5.91 Å². The van der Waals surface area contributed by atoms with Gasteiger partial charge in [0.05, 0.1) is 17.1 Å². The van der Waals surface area contributed by atoms with Gasteiger partial charge in [-0.25, -0.2) is 0 Å². The normalized spacial score (nSPS) is 25.0. The molecule has 3 aliphatic rings. The number of nitrogens with one attached hydrogen (secondary N) is 1. The third-order valence-electron chi connectivity index (χ3n) is 5.93. The van der Waals surface area contributed by atoms with E-state index in [-0.39, 0.29) is 47.1 Å². The van der Waals surface area contributed by atoms with E-state index in [0.717, 1.165) is 35.7 Å². The van der Waals surface area contributed by atoms with Crippen LogP contribution >= 0.6 is 27.7 Å². The Morgan fingerprint density at radius 3 is 2.45 bits per heavy atom. The SMILES string of the molecule is CC1=C(C(=O)[O-])N2C(=O)[C@H](NC(=O)C3(c4ccc(Br)cc4)CCCC3)[C@H]2SC1.[Na+]. The van der Waals surface area contributed by atoms with Crippen molar-refractivity contribution in [1.29, 1.82) is 0 Å². The fourth-order valence-electron chi connectivity index (χ4n) is 4.44. The van der Waals surface area contributed by atoms with Crippen molar-refractivity contribution >= 4 is 45.5 Å². The Labute approximate surface area is 204 Å². The summed E-state index contributed by atoms with van der Waals surface area (Å²) in [5.41, 5.74) is 0.880. The number of carboxylic acid groups (broad SMARTS) is 1. The molecule has 0 unspecified atom stereocenters. The van der Waals surface area contributed by atoms with Crippen molar-refractivity contribution in [2.24, 2.45) is 0 Å². The molecule has 1 saturated heterocycles. The Kier molecular flexibility index (Phi) is 6.90. The smallest absolute Gasteiger partial charge is 0.543 e. The van der Waals surface area contributed by atoms with Crippen molar-refractivity contribution in [1.82, 2.24) is 10.2 Å². The van der Waals surface area contributed by atoms with E-state index in [0.29, 0.717) is 11.3 Å². The van der Waals surface area contributed by atoms with Crippen LogP contribution in [0, 0.1) is 0 Å². The molecule has 0 aromatic heterocycles. The number of benzene rings is 1. The number of aliphatic carboxylic acids is 1. The molecule has 0 bridgehead atoms. The van der Waals surface area contributed by atoms with Gasteiger partial charge in [-0.1, -0.05) is 40.9 Å². The number of rotatable bonds is 4. The molecule has 1 saturated carbocycles. The number of carbonyl (C=O) groups is 3. The molecule has 4 rings (SSSR count). The summed E-state index contributed by atoms with van der Waals surface area (Å²) in [6.07, 6.45) is 3.41. The molecule has 1 aromatic rings. The first-order valence-corrected chi connectivity index (χ1v) is 11.1. The number of β-lactam (4-membered cyclic amide) rings is 1. The molecule has 2 amide bonds. The van der Waals surface area contributed by atoms with E-state index in [4.69, 9.17) is 0 Å². The van der Waals surface area contributed by atoms with Crippen LogP contribution in [0.3, 0.4) is 0 Å². The number of fused-ring (bicyclic) bond motifs is 1. The minimum atomic E-state index is -1.34. The number of carbonyl (C=O) groups excluding carboxylic acids is 3. The summed E-state index contributed by atoms with van der Waals surface area (Å²) in [5.74, 6) is -1.37. The van der Waals surface area contributed by atoms with Gasteiger partial charge >= 0.3 is 29.6 Å². The van der Waals surface area contributed by atoms with Crippen LogP contribution in [-0.4, -0.2) is 39.9 Å². The van der Waals surface area contributed by atoms with Crippen LogP contribution in [0.2, 0.25) is 0 Å². The maximum Gasteiger partial charge on any atom is 1.00 e. The van der Waals surface area contributed by atoms with Crippen LogP contribution < -0.4 is 40.0 Å². The Hall–Kier alpha value is -0.800. The maximum absolute atomic E-state index is 13.3. The second-order valence-corrected chi connectivity index (χ2v) is 9.59. The Bertz CT molecular complexity index is 883. The maximum atomic E-state index is 13.3. The first-order valence-electron chi connectivity index (χ1n) is 9.28. The second kappa shape index (κ2) is 8.75. The van der Waals surface area contributed by atoms with Gasteiger partial charge in [0.1, 0.15) is 11.4 Å².